The smallest absolute Gasteiger partial charge is 0.0494 e. The van der Waals surface area contributed by atoms with Gasteiger partial charge in [0.2, 0.25) is 0 Å². The Morgan fingerprint density at radius 2 is 0.826 bits per heavy atom. The van der Waals surface area contributed by atoms with Crippen molar-refractivity contribution >= 4 is 82.6 Å². The Bertz CT molecular complexity index is 624. The van der Waals surface area contributed by atoms with Crippen LogP contribution in [0.2, 0.25) is 15.1 Å². The minimum atomic E-state index is 0.663. The van der Waals surface area contributed by atoms with E-state index in [2.05, 4.69) is 67.7 Å². The molecule has 0 fully saturated rings. The summed E-state index contributed by atoms with van der Waals surface area (Å²) >= 11 is 28.4. The Hall–Kier alpha value is 0.750. The lowest BCUT2D eigenvalue weighted by atomic mass is 10.1. The largest absolute Gasteiger partial charge is 0.0836 e. The molecule has 0 saturated heterocycles. The Labute approximate surface area is 178 Å². The molecule has 0 amide bonds. The molecule has 0 atom stereocenters. The number of halogens is 6. The Morgan fingerprint density at radius 3 is 1.09 bits per heavy atom. The van der Waals surface area contributed by atoms with E-state index in [4.69, 9.17) is 34.8 Å². The molecule has 2 rings (SSSR count). The molecule has 0 aromatic heterocycles. The van der Waals surface area contributed by atoms with Crippen LogP contribution in [0.25, 0.3) is 0 Å². The fourth-order valence-corrected chi connectivity index (χ4v) is 4.78. The van der Waals surface area contributed by atoms with Crippen LogP contribution in [-0.4, -0.2) is 0 Å². The second-order valence-corrected chi connectivity index (χ2v) is 8.86. The lowest BCUT2D eigenvalue weighted by molar-refractivity contribution is 1.29. The standard InChI is InChI=1S/C9H9Cl3.C8H7Br3/c1-4-7(10)5(2)9(12)6(3)8(4)11;1-4-6(9)3-7(10)5(2)8(4)11/h1-3H3;3H,1-2H3. The molecule has 23 heavy (non-hydrogen) atoms. The first-order valence-electron chi connectivity index (χ1n) is 6.71. The summed E-state index contributed by atoms with van der Waals surface area (Å²) in [7, 11) is 0. The third-order valence-corrected chi connectivity index (χ3v) is 8.14. The zero-order valence-electron chi connectivity index (χ0n) is 13.3. The molecule has 126 valence electrons. The maximum atomic E-state index is 5.99. The molecule has 0 N–H and O–H groups in total. The summed E-state index contributed by atoms with van der Waals surface area (Å²) in [4.78, 5) is 0. The van der Waals surface area contributed by atoms with Crippen molar-refractivity contribution in [2.75, 3.05) is 0 Å². The van der Waals surface area contributed by atoms with Gasteiger partial charge in [0.15, 0.2) is 0 Å². The van der Waals surface area contributed by atoms with Gasteiger partial charge in [0.05, 0.1) is 0 Å². The van der Waals surface area contributed by atoms with Gasteiger partial charge in [-0.3, -0.25) is 0 Å². The molecule has 0 bridgehead atoms. The molecular formula is C17H16Br3Cl3. The van der Waals surface area contributed by atoms with Gasteiger partial charge in [-0.25, -0.2) is 0 Å². The highest BCUT2D eigenvalue weighted by Crippen LogP contribution is 2.36. The summed E-state index contributed by atoms with van der Waals surface area (Å²) < 4.78 is 3.42. The molecule has 2 aromatic carbocycles. The number of benzene rings is 2. The molecular weight excluding hydrogens is 550 g/mol. The highest BCUT2D eigenvalue weighted by atomic mass is 79.9. The first-order chi connectivity index (χ1) is 10.5. The average Bonchev–Trinajstić information content (AvgIpc) is 2.53. The van der Waals surface area contributed by atoms with E-state index < -0.39 is 0 Å². The molecule has 0 aliphatic carbocycles. The van der Waals surface area contributed by atoms with Crippen LogP contribution in [0.3, 0.4) is 0 Å². The molecule has 0 aliphatic heterocycles. The van der Waals surface area contributed by atoms with E-state index in [1.807, 2.05) is 20.8 Å². The van der Waals surface area contributed by atoms with E-state index in [0.29, 0.717) is 15.1 Å². The van der Waals surface area contributed by atoms with Crippen LogP contribution in [0.5, 0.6) is 0 Å². The topological polar surface area (TPSA) is 0 Å². The third-order valence-electron chi connectivity index (χ3n) is 3.60. The van der Waals surface area contributed by atoms with Gasteiger partial charge in [-0.1, -0.05) is 82.6 Å². The lowest BCUT2D eigenvalue weighted by Gasteiger charge is -2.10. The molecule has 6 heteroatoms. The van der Waals surface area contributed by atoms with E-state index in [1.165, 1.54) is 15.6 Å². The van der Waals surface area contributed by atoms with Crippen molar-refractivity contribution < 1.29 is 0 Å². The summed E-state index contributed by atoms with van der Waals surface area (Å²) in [6.07, 6.45) is 0. The Balaban J connectivity index is 0.000000231. The van der Waals surface area contributed by atoms with Gasteiger partial charge in [0.1, 0.15) is 0 Å². The van der Waals surface area contributed by atoms with E-state index >= 15 is 0 Å². The maximum absolute atomic E-state index is 5.99. The fourth-order valence-electron chi connectivity index (χ4n) is 1.95. The normalized spacial score (nSPS) is 10.4. The average molecular weight is 566 g/mol. The number of hydrogen-bond donors (Lipinski definition) is 0. The van der Waals surface area contributed by atoms with Gasteiger partial charge < -0.3 is 0 Å². The molecule has 0 radical (unpaired) electrons. The van der Waals surface area contributed by atoms with Crippen LogP contribution in [0.4, 0.5) is 0 Å². The van der Waals surface area contributed by atoms with Crippen LogP contribution in [0, 0.1) is 34.6 Å². The fraction of sp³-hybridized carbons (Fsp3) is 0.294. The Morgan fingerprint density at radius 1 is 0.565 bits per heavy atom. The molecule has 0 spiro atoms. The van der Waals surface area contributed by atoms with Crippen molar-refractivity contribution in [2.45, 2.75) is 34.6 Å². The van der Waals surface area contributed by atoms with E-state index in [1.54, 1.807) is 0 Å². The highest BCUT2D eigenvalue weighted by molar-refractivity contribution is 9.11. The number of hydrogen-bond acceptors (Lipinski definition) is 0. The van der Waals surface area contributed by atoms with Crippen LogP contribution in [0.15, 0.2) is 19.5 Å². The van der Waals surface area contributed by atoms with Crippen molar-refractivity contribution in [2.24, 2.45) is 0 Å². The molecule has 0 nitrogen and oxygen atoms in total. The van der Waals surface area contributed by atoms with Crippen molar-refractivity contribution in [1.29, 1.82) is 0 Å². The highest BCUT2D eigenvalue weighted by Gasteiger charge is 2.12. The van der Waals surface area contributed by atoms with E-state index in [0.717, 1.165) is 25.6 Å². The van der Waals surface area contributed by atoms with Gasteiger partial charge >= 0.3 is 0 Å². The summed E-state index contributed by atoms with van der Waals surface area (Å²) in [5, 5.41) is 1.99. The monoisotopic (exact) mass is 562 g/mol. The van der Waals surface area contributed by atoms with E-state index in [-0.39, 0.29) is 0 Å². The zero-order chi connectivity index (χ0) is 18.1. The van der Waals surface area contributed by atoms with Gasteiger partial charge in [-0.2, -0.15) is 0 Å². The molecule has 0 unspecified atom stereocenters. The van der Waals surface area contributed by atoms with Gasteiger partial charge in [0, 0.05) is 28.5 Å². The molecule has 2 aromatic rings. The minimum absolute atomic E-state index is 0.663. The van der Waals surface area contributed by atoms with Gasteiger partial charge in [0.25, 0.3) is 0 Å². The minimum Gasteiger partial charge on any atom is -0.0836 e. The number of rotatable bonds is 0. The van der Waals surface area contributed by atoms with Crippen molar-refractivity contribution in [1.82, 2.24) is 0 Å². The molecule has 0 aliphatic rings. The zero-order valence-corrected chi connectivity index (χ0v) is 20.4. The predicted molar refractivity (Wildman–Crippen MR) is 115 cm³/mol. The lowest BCUT2D eigenvalue weighted by Crippen LogP contribution is -1.89. The first kappa shape index (κ1) is 21.8. The van der Waals surface area contributed by atoms with Gasteiger partial charge in [-0.15, -0.1) is 0 Å². The Kier molecular flexibility index (Phi) is 8.44. The first-order valence-corrected chi connectivity index (χ1v) is 10.2. The summed E-state index contributed by atoms with van der Waals surface area (Å²) in [6, 6.07) is 2.06. The van der Waals surface area contributed by atoms with Crippen LogP contribution in [-0.2, 0) is 0 Å². The SMILES string of the molecule is Cc1c(Br)cc(Br)c(C)c1Br.Cc1c(Cl)c(C)c(Cl)c(C)c1Cl. The van der Waals surface area contributed by atoms with Crippen molar-refractivity contribution in [3.63, 3.8) is 0 Å². The second-order valence-electron chi connectivity index (χ2n) is 5.22. The third kappa shape index (κ3) is 4.89. The summed E-state index contributed by atoms with van der Waals surface area (Å²) in [5.41, 5.74) is 5.18. The summed E-state index contributed by atoms with van der Waals surface area (Å²) in [6.45, 7) is 9.82. The quantitative estimate of drug-likeness (QED) is 0.298. The maximum Gasteiger partial charge on any atom is 0.0494 e. The second kappa shape index (κ2) is 8.91. The predicted octanol–water partition coefficient (Wildman–Crippen LogP) is 9.16. The van der Waals surface area contributed by atoms with Crippen molar-refractivity contribution in [3.05, 3.63) is 62.4 Å². The molecule has 0 heterocycles. The summed E-state index contributed by atoms with van der Waals surface area (Å²) in [5.74, 6) is 0. The van der Waals surface area contributed by atoms with E-state index in [9.17, 15) is 0 Å². The van der Waals surface area contributed by atoms with Gasteiger partial charge in [-0.05, 0) is 68.5 Å². The van der Waals surface area contributed by atoms with Crippen LogP contribution < -0.4 is 0 Å². The van der Waals surface area contributed by atoms with Crippen molar-refractivity contribution in [3.8, 4) is 0 Å². The molecule has 0 saturated carbocycles. The van der Waals surface area contributed by atoms with Crippen LogP contribution in [0.1, 0.15) is 27.8 Å². The van der Waals surface area contributed by atoms with Crippen LogP contribution >= 0.6 is 82.6 Å².